The molecule has 3 aromatic carbocycles. The number of carbonyl (C=O) groups excluding carboxylic acids is 2. The third-order valence-electron chi connectivity index (χ3n) is 5.26. The molecule has 1 atom stereocenters. The Bertz CT molecular complexity index is 1080. The van der Waals surface area contributed by atoms with Crippen LogP contribution in [0.1, 0.15) is 33.6 Å². The van der Waals surface area contributed by atoms with Crippen molar-refractivity contribution in [3.05, 3.63) is 89.7 Å². The molecule has 0 bridgehead atoms. The number of amides is 2. The van der Waals surface area contributed by atoms with Crippen molar-refractivity contribution in [2.75, 3.05) is 18.5 Å². The summed E-state index contributed by atoms with van der Waals surface area (Å²) >= 11 is 0. The molecule has 2 amide bonds. The highest BCUT2D eigenvalue weighted by atomic mass is 19.1. The Hall–Kier alpha value is -3.51. The molecule has 1 heterocycles. The zero-order valence-corrected chi connectivity index (χ0v) is 16.9. The molecule has 6 heteroatoms. The van der Waals surface area contributed by atoms with Crippen molar-refractivity contribution in [2.24, 2.45) is 0 Å². The number of carbonyl (C=O) groups is 2. The average molecular weight is 418 g/mol. The van der Waals surface area contributed by atoms with E-state index in [1.807, 2.05) is 30.3 Å². The predicted molar refractivity (Wildman–Crippen MR) is 118 cm³/mol. The molecule has 1 aliphatic heterocycles. The summed E-state index contributed by atoms with van der Waals surface area (Å²) in [5.74, 6) is -1.55. The van der Waals surface area contributed by atoms with Gasteiger partial charge >= 0.3 is 0 Å². The van der Waals surface area contributed by atoms with E-state index in [-0.39, 0.29) is 17.6 Å². The standard InChI is InChI=1S/C25H23FN2O3/c26-22-15-18(17-7-2-1-3-8-17)12-13-20(22)25(30)28-23-11-5-4-10-21(23)24(29)27-16-19-9-6-14-31-19/h1-5,7-8,10-13,15,19H,6,9,14,16H2,(H,27,29)(H,28,30)/t19-/m1/s1. The Kier molecular flexibility index (Phi) is 6.38. The first kappa shape index (κ1) is 20.8. The van der Waals surface area contributed by atoms with Crippen LogP contribution in [-0.2, 0) is 4.74 Å². The highest BCUT2D eigenvalue weighted by Gasteiger charge is 2.19. The second-order valence-electron chi connectivity index (χ2n) is 7.41. The molecule has 1 fully saturated rings. The number of hydrogen-bond acceptors (Lipinski definition) is 3. The first-order valence-corrected chi connectivity index (χ1v) is 10.3. The third kappa shape index (κ3) is 4.98. The molecule has 5 nitrogen and oxygen atoms in total. The highest BCUT2D eigenvalue weighted by molar-refractivity contribution is 6.09. The lowest BCUT2D eigenvalue weighted by Gasteiger charge is -2.14. The van der Waals surface area contributed by atoms with Crippen molar-refractivity contribution in [3.63, 3.8) is 0 Å². The van der Waals surface area contributed by atoms with Gasteiger partial charge in [0.1, 0.15) is 5.82 Å². The van der Waals surface area contributed by atoms with Crippen molar-refractivity contribution >= 4 is 17.5 Å². The number of para-hydroxylation sites is 1. The fourth-order valence-electron chi connectivity index (χ4n) is 3.60. The van der Waals surface area contributed by atoms with Gasteiger partial charge in [-0.05, 0) is 48.2 Å². The average Bonchev–Trinajstić information content (AvgIpc) is 3.32. The van der Waals surface area contributed by atoms with Gasteiger partial charge in [-0.1, -0.05) is 48.5 Å². The SMILES string of the molecule is O=C(Nc1ccccc1C(=O)NC[C@H]1CCCO1)c1ccc(-c2ccccc2)cc1F. The summed E-state index contributed by atoms with van der Waals surface area (Å²) in [7, 11) is 0. The maximum Gasteiger partial charge on any atom is 0.258 e. The predicted octanol–water partition coefficient (Wildman–Crippen LogP) is 4.65. The normalized spacial score (nSPS) is 15.5. The van der Waals surface area contributed by atoms with Crippen LogP contribution >= 0.6 is 0 Å². The minimum absolute atomic E-state index is 0.0166. The smallest absolute Gasteiger partial charge is 0.258 e. The summed E-state index contributed by atoms with van der Waals surface area (Å²) in [5, 5.41) is 5.51. The second-order valence-corrected chi connectivity index (χ2v) is 7.41. The summed E-state index contributed by atoms with van der Waals surface area (Å²) in [4.78, 5) is 25.3. The Labute approximate surface area is 180 Å². The molecule has 0 saturated carbocycles. The van der Waals surface area contributed by atoms with Crippen LogP contribution < -0.4 is 10.6 Å². The molecule has 0 aromatic heterocycles. The van der Waals surface area contributed by atoms with Crippen LogP contribution in [0.25, 0.3) is 11.1 Å². The van der Waals surface area contributed by atoms with Gasteiger partial charge in [-0.15, -0.1) is 0 Å². The fraction of sp³-hybridized carbons (Fsp3) is 0.200. The van der Waals surface area contributed by atoms with Crippen molar-refractivity contribution in [1.82, 2.24) is 5.32 Å². The number of anilines is 1. The molecule has 0 unspecified atom stereocenters. The van der Waals surface area contributed by atoms with Gasteiger partial charge in [0.25, 0.3) is 11.8 Å². The molecule has 0 aliphatic carbocycles. The van der Waals surface area contributed by atoms with Crippen LogP contribution in [0.2, 0.25) is 0 Å². The second kappa shape index (κ2) is 9.53. The minimum Gasteiger partial charge on any atom is -0.376 e. The van der Waals surface area contributed by atoms with Crippen molar-refractivity contribution in [3.8, 4) is 11.1 Å². The Balaban J connectivity index is 1.48. The first-order valence-electron chi connectivity index (χ1n) is 10.3. The molecular weight excluding hydrogens is 395 g/mol. The summed E-state index contributed by atoms with van der Waals surface area (Å²) < 4.78 is 20.2. The fourth-order valence-corrected chi connectivity index (χ4v) is 3.60. The molecule has 4 rings (SSSR count). The van der Waals surface area contributed by atoms with E-state index < -0.39 is 11.7 Å². The number of ether oxygens (including phenoxy) is 1. The van der Waals surface area contributed by atoms with Gasteiger partial charge in [-0.25, -0.2) is 4.39 Å². The van der Waals surface area contributed by atoms with E-state index in [1.165, 1.54) is 12.1 Å². The Morgan fingerprint density at radius 1 is 0.903 bits per heavy atom. The quantitative estimate of drug-likeness (QED) is 0.612. The molecule has 3 aromatic rings. The molecule has 0 radical (unpaired) electrons. The lowest BCUT2D eigenvalue weighted by molar-refractivity contribution is 0.0858. The van der Waals surface area contributed by atoms with Crippen LogP contribution in [0.15, 0.2) is 72.8 Å². The summed E-state index contributed by atoms with van der Waals surface area (Å²) in [6, 6.07) is 20.5. The molecule has 31 heavy (non-hydrogen) atoms. The molecule has 1 aliphatic rings. The van der Waals surface area contributed by atoms with Gasteiger partial charge in [0.15, 0.2) is 0 Å². The highest BCUT2D eigenvalue weighted by Crippen LogP contribution is 2.23. The van der Waals surface area contributed by atoms with E-state index in [0.29, 0.717) is 30.0 Å². The van der Waals surface area contributed by atoms with Crippen molar-refractivity contribution in [2.45, 2.75) is 18.9 Å². The van der Waals surface area contributed by atoms with E-state index in [9.17, 15) is 14.0 Å². The number of nitrogens with one attached hydrogen (secondary N) is 2. The molecule has 158 valence electrons. The van der Waals surface area contributed by atoms with Gasteiger partial charge in [0.2, 0.25) is 0 Å². The lowest BCUT2D eigenvalue weighted by Crippen LogP contribution is -2.32. The third-order valence-corrected chi connectivity index (χ3v) is 5.26. The summed E-state index contributed by atoms with van der Waals surface area (Å²) in [6.07, 6.45) is 1.92. The number of hydrogen-bond donors (Lipinski definition) is 2. The van der Waals surface area contributed by atoms with Crippen molar-refractivity contribution in [1.29, 1.82) is 0 Å². The van der Waals surface area contributed by atoms with Gasteiger partial charge in [-0.2, -0.15) is 0 Å². The molecule has 1 saturated heterocycles. The zero-order chi connectivity index (χ0) is 21.6. The summed E-state index contributed by atoms with van der Waals surface area (Å²) in [5.41, 5.74) is 2.10. The van der Waals surface area contributed by atoms with Crippen LogP contribution in [0.5, 0.6) is 0 Å². The minimum atomic E-state index is -0.626. The topological polar surface area (TPSA) is 67.4 Å². The lowest BCUT2D eigenvalue weighted by atomic mass is 10.0. The number of benzene rings is 3. The first-order chi connectivity index (χ1) is 15.1. The Morgan fingerprint density at radius 3 is 2.42 bits per heavy atom. The van der Waals surface area contributed by atoms with Crippen LogP contribution in [0.4, 0.5) is 10.1 Å². The molecule has 0 spiro atoms. The van der Waals surface area contributed by atoms with Crippen LogP contribution in [0, 0.1) is 5.82 Å². The maximum atomic E-state index is 14.7. The largest absolute Gasteiger partial charge is 0.376 e. The van der Waals surface area contributed by atoms with Crippen LogP contribution in [0.3, 0.4) is 0 Å². The van der Waals surface area contributed by atoms with Gasteiger partial charge in [0, 0.05) is 13.2 Å². The van der Waals surface area contributed by atoms with Crippen molar-refractivity contribution < 1.29 is 18.7 Å². The van der Waals surface area contributed by atoms with Gasteiger partial charge in [0.05, 0.1) is 22.9 Å². The zero-order valence-electron chi connectivity index (χ0n) is 16.9. The van der Waals surface area contributed by atoms with Gasteiger partial charge in [-0.3, -0.25) is 9.59 Å². The maximum absolute atomic E-state index is 14.7. The molecular formula is C25H23FN2O3. The van der Waals surface area contributed by atoms with E-state index in [0.717, 1.165) is 18.4 Å². The number of halogens is 1. The summed E-state index contributed by atoms with van der Waals surface area (Å²) in [6.45, 7) is 1.12. The molecule has 2 N–H and O–H groups in total. The van der Waals surface area contributed by atoms with E-state index in [1.54, 1.807) is 30.3 Å². The Morgan fingerprint density at radius 2 is 1.68 bits per heavy atom. The number of rotatable bonds is 6. The monoisotopic (exact) mass is 418 g/mol. The van der Waals surface area contributed by atoms with E-state index in [2.05, 4.69) is 10.6 Å². The van der Waals surface area contributed by atoms with Gasteiger partial charge < -0.3 is 15.4 Å². The van der Waals surface area contributed by atoms with E-state index in [4.69, 9.17) is 4.74 Å². The van der Waals surface area contributed by atoms with E-state index >= 15 is 0 Å². The van der Waals surface area contributed by atoms with Crippen LogP contribution in [-0.4, -0.2) is 31.1 Å².